The van der Waals surface area contributed by atoms with Crippen LogP contribution in [0.1, 0.15) is 11.6 Å². The predicted molar refractivity (Wildman–Crippen MR) is 61.9 cm³/mol. The summed E-state index contributed by atoms with van der Waals surface area (Å²) in [6, 6.07) is 5.32. The van der Waals surface area contributed by atoms with Crippen LogP contribution < -0.4 is 5.73 Å². The van der Waals surface area contributed by atoms with Crippen LogP contribution in [-0.4, -0.2) is 16.3 Å². The van der Waals surface area contributed by atoms with Crippen LogP contribution in [0.15, 0.2) is 24.4 Å². The molecule has 0 aliphatic rings. The van der Waals surface area contributed by atoms with E-state index in [1.54, 1.807) is 0 Å². The molecule has 15 heavy (non-hydrogen) atoms. The third-order valence-electron chi connectivity index (χ3n) is 2.58. The lowest BCUT2D eigenvalue weighted by Gasteiger charge is -2.05. The van der Waals surface area contributed by atoms with Crippen LogP contribution in [0.2, 0.25) is 5.02 Å². The van der Waals surface area contributed by atoms with Gasteiger partial charge in [0.1, 0.15) is 0 Å². The maximum atomic E-state index is 9.05. The lowest BCUT2D eigenvalue weighted by atomic mass is 10.1. The minimum absolute atomic E-state index is 0.0538. The summed E-state index contributed by atoms with van der Waals surface area (Å²) in [5.74, 6) is 0. The maximum Gasteiger partial charge on any atom is 0.0625 e. The van der Waals surface area contributed by atoms with Gasteiger partial charge < -0.3 is 15.4 Å². The molecule has 0 radical (unpaired) electrons. The molecule has 1 atom stereocenters. The zero-order chi connectivity index (χ0) is 11.0. The Hall–Kier alpha value is -1.03. The first-order chi connectivity index (χ1) is 7.13. The summed E-state index contributed by atoms with van der Waals surface area (Å²) in [6.45, 7) is -0.0538. The van der Waals surface area contributed by atoms with Crippen LogP contribution in [-0.2, 0) is 7.05 Å². The van der Waals surface area contributed by atoms with E-state index in [0.717, 1.165) is 16.5 Å². The molecular formula is C11H13ClN2O. The summed E-state index contributed by atoms with van der Waals surface area (Å²) in [6.07, 6.45) is 1.93. The highest BCUT2D eigenvalue weighted by Gasteiger charge is 2.12. The zero-order valence-electron chi connectivity index (χ0n) is 8.44. The van der Waals surface area contributed by atoms with Crippen molar-refractivity contribution in [1.29, 1.82) is 0 Å². The first-order valence-electron chi connectivity index (χ1n) is 4.74. The van der Waals surface area contributed by atoms with Crippen LogP contribution in [0.25, 0.3) is 10.9 Å². The Morgan fingerprint density at radius 1 is 1.53 bits per heavy atom. The standard InChI is InChI=1S/C11H13ClN2O/c1-14-5-9(10(13)6-15)8-3-2-7(12)4-11(8)14/h2-5,10,15H,6,13H2,1H3/t10-/m1/s1. The van der Waals surface area contributed by atoms with Crippen molar-refractivity contribution in [1.82, 2.24) is 4.57 Å². The fourth-order valence-electron chi connectivity index (χ4n) is 1.78. The Kier molecular flexibility index (Phi) is 2.69. The molecule has 1 aromatic carbocycles. The van der Waals surface area contributed by atoms with E-state index in [1.807, 2.05) is 36.0 Å². The average Bonchev–Trinajstić information content (AvgIpc) is 2.55. The van der Waals surface area contributed by atoms with Gasteiger partial charge in [0, 0.05) is 29.2 Å². The molecule has 0 aliphatic carbocycles. The molecule has 2 rings (SSSR count). The predicted octanol–water partition coefficient (Wildman–Crippen LogP) is 1.82. The molecule has 0 fully saturated rings. The van der Waals surface area contributed by atoms with Crippen LogP contribution in [0.3, 0.4) is 0 Å². The molecular weight excluding hydrogens is 212 g/mol. The van der Waals surface area contributed by atoms with E-state index in [-0.39, 0.29) is 12.6 Å². The smallest absolute Gasteiger partial charge is 0.0625 e. The molecule has 0 saturated heterocycles. The number of aliphatic hydroxyl groups excluding tert-OH is 1. The number of fused-ring (bicyclic) bond motifs is 1. The summed E-state index contributed by atoms with van der Waals surface area (Å²) in [7, 11) is 1.94. The Morgan fingerprint density at radius 3 is 2.93 bits per heavy atom. The molecule has 1 aromatic heterocycles. The minimum atomic E-state index is -0.338. The summed E-state index contributed by atoms with van der Waals surface area (Å²) in [5.41, 5.74) is 7.80. The lowest BCUT2D eigenvalue weighted by Crippen LogP contribution is -2.13. The van der Waals surface area contributed by atoms with Gasteiger partial charge in [-0.2, -0.15) is 0 Å². The normalized spacial score (nSPS) is 13.3. The lowest BCUT2D eigenvalue weighted by molar-refractivity contribution is 0.268. The number of aliphatic hydroxyl groups is 1. The molecule has 4 heteroatoms. The first kappa shape index (κ1) is 10.5. The number of aromatic nitrogens is 1. The van der Waals surface area contributed by atoms with Crippen LogP contribution in [0, 0.1) is 0 Å². The van der Waals surface area contributed by atoms with Crippen molar-refractivity contribution in [3.8, 4) is 0 Å². The van der Waals surface area contributed by atoms with Gasteiger partial charge in [-0.3, -0.25) is 0 Å². The third kappa shape index (κ3) is 1.74. The molecule has 0 bridgehead atoms. The first-order valence-corrected chi connectivity index (χ1v) is 5.12. The highest BCUT2D eigenvalue weighted by atomic mass is 35.5. The van der Waals surface area contributed by atoms with Gasteiger partial charge in [-0.05, 0) is 17.7 Å². The highest BCUT2D eigenvalue weighted by Crippen LogP contribution is 2.27. The van der Waals surface area contributed by atoms with Gasteiger partial charge in [-0.25, -0.2) is 0 Å². The molecule has 80 valence electrons. The summed E-state index contributed by atoms with van der Waals surface area (Å²) >= 11 is 5.92. The second kappa shape index (κ2) is 3.85. The van der Waals surface area contributed by atoms with Gasteiger partial charge in [0.15, 0.2) is 0 Å². The Labute approximate surface area is 93.1 Å². The van der Waals surface area contributed by atoms with Crippen molar-refractivity contribution in [3.63, 3.8) is 0 Å². The maximum absolute atomic E-state index is 9.05. The van der Waals surface area contributed by atoms with Crippen molar-refractivity contribution in [2.24, 2.45) is 12.8 Å². The third-order valence-corrected chi connectivity index (χ3v) is 2.81. The zero-order valence-corrected chi connectivity index (χ0v) is 9.20. The van der Waals surface area contributed by atoms with Crippen LogP contribution in [0.4, 0.5) is 0 Å². The quantitative estimate of drug-likeness (QED) is 0.818. The van der Waals surface area contributed by atoms with Crippen LogP contribution >= 0.6 is 11.6 Å². The Morgan fingerprint density at radius 2 is 2.27 bits per heavy atom. The van der Waals surface area contributed by atoms with Crippen molar-refractivity contribution < 1.29 is 5.11 Å². The molecule has 3 N–H and O–H groups in total. The molecule has 0 unspecified atom stereocenters. The van der Waals surface area contributed by atoms with Gasteiger partial charge in [0.25, 0.3) is 0 Å². The minimum Gasteiger partial charge on any atom is -0.394 e. The number of halogens is 1. The van der Waals surface area contributed by atoms with Gasteiger partial charge in [-0.15, -0.1) is 0 Å². The average molecular weight is 225 g/mol. The molecule has 3 nitrogen and oxygen atoms in total. The van der Waals surface area contributed by atoms with E-state index in [0.29, 0.717) is 5.02 Å². The summed E-state index contributed by atoms with van der Waals surface area (Å²) < 4.78 is 1.96. The molecule has 1 heterocycles. The number of benzene rings is 1. The number of nitrogens with zero attached hydrogens (tertiary/aromatic N) is 1. The van der Waals surface area contributed by atoms with Crippen molar-refractivity contribution in [2.45, 2.75) is 6.04 Å². The van der Waals surface area contributed by atoms with Gasteiger partial charge in [0.2, 0.25) is 0 Å². The van der Waals surface area contributed by atoms with Gasteiger partial charge in [-0.1, -0.05) is 17.7 Å². The summed E-state index contributed by atoms with van der Waals surface area (Å²) in [5, 5.41) is 10.8. The van der Waals surface area contributed by atoms with Gasteiger partial charge in [0.05, 0.1) is 12.6 Å². The van der Waals surface area contributed by atoms with Crippen molar-refractivity contribution >= 4 is 22.5 Å². The van der Waals surface area contributed by atoms with Crippen LogP contribution in [0.5, 0.6) is 0 Å². The number of hydrogen-bond acceptors (Lipinski definition) is 2. The van der Waals surface area contributed by atoms with E-state index in [1.165, 1.54) is 0 Å². The van der Waals surface area contributed by atoms with E-state index >= 15 is 0 Å². The number of rotatable bonds is 2. The van der Waals surface area contributed by atoms with Crippen molar-refractivity contribution in [3.05, 3.63) is 35.0 Å². The summed E-state index contributed by atoms with van der Waals surface area (Å²) in [4.78, 5) is 0. The second-order valence-electron chi connectivity index (χ2n) is 3.65. The fraction of sp³-hybridized carbons (Fsp3) is 0.273. The molecule has 0 amide bonds. The number of aryl methyl sites for hydroxylation is 1. The van der Waals surface area contributed by atoms with E-state index in [2.05, 4.69) is 0 Å². The van der Waals surface area contributed by atoms with E-state index in [4.69, 9.17) is 22.4 Å². The molecule has 0 spiro atoms. The molecule has 0 saturated carbocycles. The monoisotopic (exact) mass is 224 g/mol. The van der Waals surface area contributed by atoms with Crippen molar-refractivity contribution in [2.75, 3.05) is 6.61 Å². The van der Waals surface area contributed by atoms with Gasteiger partial charge >= 0.3 is 0 Å². The highest BCUT2D eigenvalue weighted by molar-refractivity contribution is 6.31. The Balaban J connectivity index is 2.68. The topological polar surface area (TPSA) is 51.2 Å². The Bertz CT molecular complexity index is 493. The van der Waals surface area contributed by atoms with E-state index < -0.39 is 0 Å². The SMILES string of the molecule is Cn1cc([C@H](N)CO)c2ccc(Cl)cc21. The van der Waals surface area contributed by atoms with E-state index in [9.17, 15) is 0 Å². The fourth-order valence-corrected chi connectivity index (χ4v) is 1.95. The molecule has 0 aliphatic heterocycles. The number of nitrogens with two attached hydrogens (primary N) is 1. The number of hydrogen-bond donors (Lipinski definition) is 2. The second-order valence-corrected chi connectivity index (χ2v) is 4.08. The largest absolute Gasteiger partial charge is 0.394 e. The molecule has 2 aromatic rings.